The van der Waals surface area contributed by atoms with Crippen molar-refractivity contribution >= 4 is 19.7 Å². The third kappa shape index (κ3) is 6.63. The molecule has 0 N–H and O–H groups in total. The lowest BCUT2D eigenvalue weighted by Crippen LogP contribution is -2.37. The second-order valence-electron chi connectivity index (χ2n) is 5.42. The Labute approximate surface area is 110 Å². The summed E-state index contributed by atoms with van der Waals surface area (Å²) in [5.74, 6) is 0.721. The first kappa shape index (κ1) is 15.3. The highest BCUT2D eigenvalue weighted by atomic mass is 35.7. The van der Waals surface area contributed by atoms with Crippen LogP contribution in [-0.4, -0.2) is 38.2 Å². The van der Waals surface area contributed by atoms with Crippen molar-refractivity contribution < 1.29 is 8.42 Å². The maximum absolute atomic E-state index is 10.9. The number of halogens is 1. The second kappa shape index (κ2) is 6.95. The normalized spacial score (nSPS) is 18.4. The molecule has 0 aromatic carbocycles. The van der Waals surface area contributed by atoms with E-state index in [1.807, 2.05) is 0 Å². The molecule has 5 heteroatoms. The minimum atomic E-state index is -3.33. The summed E-state index contributed by atoms with van der Waals surface area (Å²) in [6, 6.07) is 0.662. The minimum Gasteiger partial charge on any atom is -0.300 e. The molecule has 0 spiro atoms. The quantitative estimate of drug-likeness (QED) is 0.674. The molecule has 102 valence electrons. The van der Waals surface area contributed by atoms with Crippen LogP contribution in [0.25, 0.3) is 0 Å². The van der Waals surface area contributed by atoms with E-state index in [0.717, 1.165) is 13.1 Å². The predicted octanol–water partition coefficient (Wildman–Crippen LogP) is 2.85. The first-order chi connectivity index (χ1) is 7.88. The standard InChI is InChI=1S/C12H24ClNO2S/c1-11(2)10-14(12-6-3-4-7-12)8-5-9-17(13,15)16/h11-12H,3-10H2,1-2H3. The Morgan fingerprint density at radius 1 is 1.29 bits per heavy atom. The summed E-state index contributed by atoms with van der Waals surface area (Å²) in [4.78, 5) is 2.46. The van der Waals surface area contributed by atoms with Crippen molar-refractivity contribution in [2.45, 2.75) is 52.0 Å². The monoisotopic (exact) mass is 281 g/mol. The minimum absolute atomic E-state index is 0.0931. The Morgan fingerprint density at radius 3 is 2.35 bits per heavy atom. The Hall–Kier alpha value is 0.200. The van der Waals surface area contributed by atoms with E-state index >= 15 is 0 Å². The van der Waals surface area contributed by atoms with E-state index in [2.05, 4.69) is 18.7 Å². The molecular weight excluding hydrogens is 258 g/mol. The number of hydrogen-bond donors (Lipinski definition) is 0. The van der Waals surface area contributed by atoms with E-state index in [1.54, 1.807) is 0 Å². The molecule has 0 aromatic rings. The van der Waals surface area contributed by atoms with Crippen LogP contribution in [0.3, 0.4) is 0 Å². The van der Waals surface area contributed by atoms with Crippen LogP contribution in [0.4, 0.5) is 0 Å². The van der Waals surface area contributed by atoms with Gasteiger partial charge in [-0.15, -0.1) is 0 Å². The van der Waals surface area contributed by atoms with Gasteiger partial charge in [-0.05, 0) is 31.7 Å². The van der Waals surface area contributed by atoms with Gasteiger partial charge in [0.25, 0.3) is 0 Å². The van der Waals surface area contributed by atoms with E-state index in [1.165, 1.54) is 25.7 Å². The Morgan fingerprint density at radius 2 is 1.88 bits per heavy atom. The van der Waals surface area contributed by atoms with Crippen molar-refractivity contribution in [1.29, 1.82) is 0 Å². The van der Waals surface area contributed by atoms with Crippen LogP contribution in [0, 0.1) is 5.92 Å². The molecule has 1 rings (SSSR count). The topological polar surface area (TPSA) is 37.4 Å². The Bertz CT molecular complexity index is 310. The second-order valence-corrected chi connectivity index (χ2v) is 8.32. The Balaban J connectivity index is 2.40. The van der Waals surface area contributed by atoms with Gasteiger partial charge in [0.05, 0.1) is 5.75 Å². The lowest BCUT2D eigenvalue weighted by Gasteiger charge is -2.30. The third-order valence-corrected chi connectivity index (χ3v) is 4.51. The highest BCUT2D eigenvalue weighted by molar-refractivity contribution is 8.13. The first-order valence-corrected chi connectivity index (χ1v) is 9.02. The highest BCUT2D eigenvalue weighted by Crippen LogP contribution is 2.24. The fourth-order valence-electron chi connectivity index (χ4n) is 2.60. The SMILES string of the molecule is CC(C)CN(CCCS(=O)(=O)Cl)C1CCCC1. The lowest BCUT2D eigenvalue weighted by atomic mass is 10.1. The molecule has 17 heavy (non-hydrogen) atoms. The van der Waals surface area contributed by atoms with Crippen molar-refractivity contribution in [3.63, 3.8) is 0 Å². The van der Waals surface area contributed by atoms with Crippen LogP contribution >= 0.6 is 10.7 Å². The first-order valence-electron chi connectivity index (χ1n) is 6.55. The molecule has 0 bridgehead atoms. The molecule has 0 aromatic heterocycles. The van der Waals surface area contributed by atoms with Crippen molar-refractivity contribution in [2.24, 2.45) is 5.92 Å². The average Bonchev–Trinajstić information content (AvgIpc) is 2.66. The molecule has 1 aliphatic rings. The van der Waals surface area contributed by atoms with Crippen LogP contribution in [0.15, 0.2) is 0 Å². The van der Waals surface area contributed by atoms with Gasteiger partial charge in [-0.2, -0.15) is 0 Å². The molecule has 1 saturated carbocycles. The molecule has 0 amide bonds. The summed E-state index contributed by atoms with van der Waals surface area (Å²) >= 11 is 0. The smallest absolute Gasteiger partial charge is 0.232 e. The summed E-state index contributed by atoms with van der Waals surface area (Å²) < 4.78 is 21.8. The van der Waals surface area contributed by atoms with Crippen LogP contribution < -0.4 is 0 Å². The molecule has 0 aliphatic heterocycles. The van der Waals surface area contributed by atoms with Gasteiger partial charge in [0, 0.05) is 23.3 Å². The highest BCUT2D eigenvalue weighted by Gasteiger charge is 2.23. The largest absolute Gasteiger partial charge is 0.300 e. The van der Waals surface area contributed by atoms with Crippen LogP contribution in [0.5, 0.6) is 0 Å². The van der Waals surface area contributed by atoms with Gasteiger partial charge in [-0.3, -0.25) is 0 Å². The molecule has 0 saturated heterocycles. The van der Waals surface area contributed by atoms with Crippen molar-refractivity contribution in [2.75, 3.05) is 18.8 Å². The zero-order chi connectivity index (χ0) is 12.9. The third-order valence-electron chi connectivity index (χ3n) is 3.27. The van der Waals surface area contributed by atoms with Gasteiger partial charge < -0.3 is 4.90 Å². The summed E-state index contributed by atoms with van der Waals surface area (Å²) in [7, 11) is 1.91. The van der Waals surface area contributed by atoms with Gasteiger partial charge in [0.2, 0.25) is 9.05 Å². The van der Waals surface area contributed by atoms with E-state index < -0.39 is 9.05 Å². The molecular formula is C12H24ClNO2S. The van der Waals surface area contributed by atoms with Gasteiger partial charge in [0.1, 0.15) is 0 Å². The lowest BCUT2D eigenvalue weighted by molar-refractivity contribution is 0.178. The van der Waals surface area contributed by atoms with E-state index in [4.69, 9.17) is 10.7 Å². The summed E-state index contributed by atoms with van der Waals surface area (Å²) in [6.07, 6.45) is 5.80. The maximum atomic E-state index is 10.9. The summed E-state index contributed by atoms with van der Waals surface area (Å²) in [6.45, 7) is 6.34. The molecule has 0 heterocycles. The van der Waals surface area contributed by atoms with Gasteiger partial charge in [-0.25, -0.2) is 8.42 Å². The molecule has 1 aliphatic carbocycles. The summed E-state index contributed by atoms with van der Waals surface area (Å²) in [5.41, 5.74) is 0. The molecule has 0 atom stereocenters. The van der Waals surface area contributed by atoms with E-state index in [9.17, 15) is 8.42 Å². The molecule has 0 unspecified atom stereocenters. The average molecular weight is 282 g/mol. The van der Waals surface area contributed by atoms with E-state index in [-0.39, 0.29) is 5.75 Å². The molecule has 0 radical (unpaired) electrons. The fourth-order valence-corrected chi connectivity index (χ4v) is 3.40. The molecule has 3 nitrogen and oxygen atoms in total. The van der Waals surface area contributed by atoms with Gasteiger partial charge >= 0.3 is 0 Å². The number of hydrogen-bond acceptors (Lipinski definition) is 3. The maximum Gasteiger partial charge on any atom is 0.232 e. The van der Waals surface area contributed by atoms with Crippen molar-refractivity contribution in [3.8, 4) is 0 Å². The zero-order valence-electron chi connectivity index (χ0n) is 10.9. The zero-order valence-corrected chi connectivity index (χ0v) is 12.4. The van der Waals surface area contributed by atoms with Crippen LogP contribution in [0.2, 0.25) is 0 Å². The number of rotatable bonds is 7. The molecule has 1 fully saturated rings. The Kier molecular flexibility index (Phi) is 6.24. The van der Waals surface area contributed by atoms with Gasteiger partial charge in [0.15, 0.2) is 0 Å². The predicted molar refractivity (Wildman–Crippen MR) is 72.9 cm³/mol. The van der Waals surface area contributed by atoms with E-state index in [0.29, 0.717) is 18.4 Å². The number of nitrogens with zero attached hydrogens (tertiary/aromatic N) is 1. The van der Waals surface area contributed by atoms with Crippen molar-refractivity contribution in [3.05, 3.63) is 0 Å². The van der Waals surface area contributed by atoms with Crippen molar-refractivity contribution in [1.82, 2.24) is 4.90 Å². The van der Waals surface area contributed by atoms with Gasteiger partial charge in [-0.1, -0.05) is 26.7 Å². The van der Waals surface area contributed by atoms with Crippen LogP contribution in [0.1, 0.15) is 46.0 Å². The van der Waals surface area contributed by atoms with Crippen LogP contribution in [-0.2, 0) is 9.05 Å². The summed E-state index contributed by atoms with van der Waals surface area (Å²) in [5, 5.41) is 0. The fraction of sp³-hybridized carbons (Fsp3) is 1.00.